The fourth-order valence-corrected chi connectivity index (χ4v) is 1.47. The molecule has 3 nitrogen and oxygen atoms in total. The molecule has 0 aromatic heterocycles. The van der Waals surface area contributed by atoms with Gasteiger partial charge in [0.25, 0.3) is 5.91 Å². The highest BCUT2D eigenvalue weighted by molar-refractivity contribution is 9.12. The minimum absolute atomic E-state index is 0.203. The Balaban J connectivity index is 2.20. The van der Waals surface area contributed by atoms with Crippen LogP contribution >= 0.6 is 15.9 Å². The number of carbonyl (C=O) groups excluding carboxylic acids is 1. The van der Waals surface area contributed by atoms with E-state index < -0.39 is 0 Å². The predicted octanol–water partition coefficient (Wildman–Crippen LogP) is 0.551. The maximum atomic E-state index is 11.0. The maximum Gasteiger partial charge on any atom is 0.297 e. The zero-order valence-electron chi connectivity index (χ0n) is 7.80. The molecule has 1 N–H and O–H groups in total. The van der Waals surface area contributed by atoms with E-state index in [1.54, 1.807) is 0 Å². The number of likely N-dealkylation sites (tertiary alicyclic amines) is 1. The molecule has 1 aliphatic rings. The van der Waals surface area contributed by atoms with Crippen molar-refractivity contribution >= 4 is 21.8 Å². The molecule has 1 heterocycles. The Morgan fingerprint density at radius 3 is 2.69 bits per heavy atom. The summed E-state index contributed by atoms with van der Waals surface area (Å²) in [5.41, 5.74) is 0. The smallest absolute Gasteiger partial charge is 0.297 e. The fourth-order valence-electron chi connectivity index (χ4n) is 1.29. The van der Waals surface area contributed by atoms with E-state index in [1.807, 2.05) is 0 Å². The summed E-state index contributed by atoms with van der Waals surface area (Å²) < 4.78 is 0. The van der Waals surface area contributed by atoms with Gasteiger partial charge >= 0.3 is 0 Å². The molecule has 1 saturated heterocycles. The largest absolute Gasteiger partial charge is 0.340 e. The van der Waals surface area contributed by atoms with Crippen LogP contribution in [-0.2, 0) is 4.79 Å². The summed E-state index contributed by atoms with van der Waals surface area (Å²) in [6.07, 6.45) is 0. The zero-order valence-corrected chi connectivity index (χ0v) is 9.39. The van der Waals surface area contributed by atoms with Crippen LogP contribution in [-0.4, -0.2) is 36.0 Å². The number of carbonyl (C=O) groups is 1. The van der Waals surface area contributed by atoms with Crippen LogP contribution in [0.15, 0.2) is 0 Å². The number of nitrogens with zero attached hydrogens (tertiary/aromatic N) is 1. The number of rotatable bonds is 2. The molecule has 0 aromatic carbocycles. The van der Waals surface area contributed by atoms with Gasteiger partial charge in [0.2, 0.25) is 0 Å². The van der Waals surface area contributed by atoms with Gasteiger partial charge < -0.3 is 5.32 Å². The normalized spacial score (nSPS) is 17.5. The third kappa shape index (κ3) is 3.02. The molecule has 0 aliphatic carbocycles. The summed E-state index contributed by atoms with van der Waals surface area (Å²) >= 11 is 2.88. The molecule has 13 heavy (non-hydrogen) atoms. The first-order valence-electron chi connectivity index (χ1n) is 4.29. The van der Waals surface area contributed by atoms with Crippen LogP contribution in [0.3, 0.4) is 0 Å². The Morgan fingerprint density at radius 1 is 1.62 bits per heavy atom. The highest BCUT2D eigenvalue weighted by Crippen LogP contribution is 2.10. The van der Waals surface area contributed by atoms with Crippen molar-refractivity contribution in [1.29, 1.82) is 0 Å². The second-order valence-corrected chi connectivity index (χ2v) is 3.83. The summed E-state index contributed by atoms with van der Waals surface area (Å²) in [4.78, 5) is 15.7. The summed E-state index contributed by atoms with van der Waals surface area (Å²) in [6, 6.07) is 0.846. The van der Waals surface area contributed by atoms with Crippen molar-refractivity contribution in [2.75, 3.05) is 13.1 Å². The van der Waals surface area contributed by atoms with E-state index in [0.29, 0.717) is 6.04 Å². The third-order valence-electron chi connectivity index (χ3n) is 2.14. The van der Waals surface area contributed by atoms with Gasteiger partial charge in [0.05, 0.1) is 6.04 Å². The van der Waals surface area contributed by atoms with Crippen molar-refractivity contribution in [3.05, 3.63) is 0 Å². The Bertz CT molecular complexity index is 248. The number of hydrogen-bond acceptors (Lipinski definition) is 2. The van der Waals surface area contributed by atoms with Gasteiger partial charge in [-0.05, 0) is 18.7 Å². The van der Waals surface area contributed by atoms with Gasteiger partial charge in [0, 0.05) is 41.0 Å². The Morgan fingerprint density at radius 2 is 2.23 bits per heavy atom. The van der Waals surface area contributed by atoms with Crippen molar-refractivity contribution in [1.82, 2.24) is 10.2 Å². The highest BCUT2D eigenvalue weighted by atomic mass is 79.9. The number of nitrogens with one attached hydrogen (secondary N) is 1. The minimum atomic E-state index is -0.203. The lowest BCUT2D eigenvalue weighted by Crippen LogP contribution is -2.60. The summed E-state index contributed by atoms with van der Waals surface area (Å²) in [6.45, 7) is 6.17. The van der Waals surface area contributed by atoms with E-state index in [2.05, 4.69) is 50.7 Å². The van der Waals surface area contributed by atoms with Gasteiger partial charge in [-0.1, -0.05) is 0 Å². The van der Waals surface area contributed by atoms with Crippen LogP contribution in [0.25, 0.3) is 0 Å². The molecule has 0 atom stereocenters. The molecule has 0 bridgehead atoms. The van der Waals surface area contributed by atoms with E-state index >= 15 is 0 Å². The average Bonchev–Trinajstić information content (AvgIpc) is 1.95. The first-order chi connectivity index (χ1) is 6.13. The first-order valence-corrected chi connectivity index (χ1v) is 5.09. The second-order valence-electron chi connectivity index (χ2n) is 3.44. The molecule has 1 rings (SSSR count). The molecule has 1 aliphatic heterocycles. The average molecular weight is 245 g/mol. The molecular formula is C9H13BrN2O. The summed E-state index contributed by atoms with van der Waals surface area (Å²) in [7, 11) is 0. The standard InChI is InChI=1S/C9H13BrN2O/c1-7(2)12-5-8(6-12)11-9(13)3-4-10/h7-8H,5-6H2,1-2H3,(H,11,13). The van der Waals surface area contributed by atoms with Crippen molar-refractivity contribution in [3.63, 3.8) is 0 Å². The third-order valence-corrected chi connectivity index (χ3v) is 2.33. The molecule has 1 fully saturated rings. The van der Waals surface area contributed by atoms with Gasteiger partial charge in [0.1, 0.15) is 0 Å². The first kappa shape index (κ1) is 10.6. The zero-order chi connectivity index (χ0) is 9.84. The van der Waals surface area contributed by atoms with Crippen molar-refractivity contribution in [3.8, 4) is 10.8 Å². The minimum Gasteiger partial charge on any atom is -0.340 e. The quantitative estimate of drug-likeness (QED) is 0.720. The predicted molar refractivity (Wildman–Crippen MR) is 55.3 cm³/mol. The fraction of sp³-hybridized carbons (Fsp3) is 0.667. The lowest BCUT2D eigenvalue weighted by molar-refractivity contribution is -0.117. The molecule has 0 radical (unpaired) electrons. The van der Waals surface area contributed by atoms with E-state index in [1.165, 1.54) is 0 Å². The van der Waals surface area contributed by atoms with Gasteiger partial charge in [-0.2, -0.15) is 0 Å². The molecular weight excluding hydrogens is 232 g/mol. The van der Waals surface area contributed by atoms with Gasteiger partial charge in [0.15, 0.2) is 0 Å². The molecule has 4 heteroatoms. The van der Waals surface area contributed by atoms with Crippen LogP contribution in [0.4, 0.5) is 0 Å². The molecule has 0 aromatic rings. The van der Waals surface area contributed by atoms with Crippen LogP contribution in [0, 0.1) is 10.8 Å². The number of halogens is 1. The molecule has 1 amide bonds. The molecule has 0 saturated carbocycles. The maximum absolute atomic E-state index is 11.0. The molecule has 0 unspecified atom stereocenters. The van der Waals surface area contributed by atoms with Gasteiger partial charge in [-0.25, -0.2) is 0 Å². The molecule has 72 valence electrons. The molecule has 0 spiro atoms. The van der Waals surface area contributed by atoms with Crippen LogP contribution < -0.4 is 5.32 Å². The highest BCUT2D eigenvalue weighted by Gasteiger charge is 2.28. The number of amides is 1. The van der Waals surface area contributed by atoms with Crippen LogP contribution in [0.2, 0.25) is 0 Å². The van der Waals surface area contributed by atoms with Crippen molar-refractivity contribution < 1.29 is 4.79 Å². The second kappa shape index (κ2) is 4.64. The van der Waals surface area contributed by atoms with Crippen molar-refractivity contribution in [2.45, 2.75) is 25.9 Å². The summed E-state index contributed by atoms with van der Waals surface area (Å²) in [5, 5.41) is 2.82. The van der Waals surface area contributed by atoms with Gasteiger partial charge in [-0.3, -0.25) is 9.69 Å². The SMILES string of the molecule is CC(C)N1CC(NC(=O)C#CBr)C1. The lowest BCUT2D eigenvalue weighted by Gasteiger charge is -2.41. The Kier molecular flexibility index (Phi) is 3.76. The monoisotopic (exact) mass is 244 g/mol. The van der Waals surface area contributed by atoms with Crippen LogP contribution in [0.1, 0.15) is 13.8 Å². The van der Waals surface area contributed by atoms with E-state index in [4.69, 9.17) is 0 Å². The summed E-state index contributed by atoms with van der Waals surface area (Å²) in [5.74, 6) is 2.18. The lowest BCUT2D eigenvalue weighted by atomic mass is 10.1. The van der Waals surface area contributed by atoms with E-state index in [-0.39, 0.29) is 11.9 Å². The van der Waals surface area contributed by atoms with Crippen molar-refractivity contribution in [2.24, 2.45) is 0 Å². The van der Waals surface area contributed by atoms with E-state index in [0.717, 1.165) is 13.1 Å². The topological polar surface area (TPSA) is 32.3 Å². The van der Waals surface area contributed by atoms with Crippen LogP contribution in [0.5, 0.6) is 0 Å². The number of hydrogen-bond donors (Lipinski definition) is 1. The van der Waals surface area contributed by atoms with Gasteiger partial charge in [-0.15, -0.1) is 0 Å². The van der Waals surface area contributed by atoms with E-state index in [9.17, 15) is 4.79 Å². The Hall–Kier alpha value is -0.530. The Labute approximate surface area is 87.0 Å².